The van der Waals surface area contributed by atoms with E-state index < -0.39 is 0 Å². The predicted molar refractivity (Wildman–Crippen MR) is 91.1 cm³/mol. The third kappa shape index (κ3) is 3.47. The van der Waals surface area contributed by atoms with Crippen LogP contribution in [0, 0.1) is 0 Å². The maximum atomic E-state index is 3.58. The summed E-state index contributed by atoms with van der Waals surface area (Å²) in [6.07, 6.45) is 5.88. The summed E-state index contributed by atoms with van der Waals surface area (Å²) in [5, 5.41) is 3.58. The lowest BCUT2D eigenvalue weighted by Gasteiger charge is -2.24. The fourth-order valence-electron chi connectivity index (χ4n) is 3.23. The molecule has 0 saturated heterocycles. The van der Waals surface area contributed by atoms with Crippen molar-refractivity contribution in [1.82, 2.24) is 0 Å². The van der Waals surface area contributed by atoms with Gasteiger partial charge in [-0.3, -0.25) is 0 Å². The van der Waals surface area contributed by atoms with Crippen LogP contribution in [0.2, 0.25) is 0 Å². The van der Waals surface area contributed by atoms with Crippen LogP contribution < -0.4 is 5.32 Å². The number of hydrogen-bond donors (Lipinski definition) is 1. The summed E-state index contributed by atoms with van der Waals surface area (Å²) < 4.78 is 0. The monoisotopic (exact) mass is 279 g/mol. The molecule has 2 aromatic carbocycles. The normalized spacial score (nSPS) is 17.1. The molecule has 1 aliphatic heterocycles. The van der Waals surface area contributed by atoms with E-state index in [9.17, 15) is 0 Å². The van der Waals surface area contributed by atoms with Gasteiger partial charge in [0.25, 0.3) is 0 Å². The van der Waals surface area contributed by atoms with E-state index in [1.807, 2.05) is 0 Å². The van der Waals surface area contributed by atoms with Gasteiger partial charge in [-0.25, -0.2) is 0 Å². The molecule has 0 aliphatic carbocycles. The number of aryl methyl sites for hydroxylation is 2. The summed E-state index contributed by atoms with van der Waals surface area (Å²) in [5.74, 6) is 0. The average Bonchev–Trinajstić information content (AvgIpc) is 2.48. The lowest BCUT2D eigenvalue weighted by molar-refractivity contribution is 0.680. The lowest BCUT2D eigenvalue weighted by atomic mass is 9.94. The molecule has 0 saturated carbocycles. The Balaban J connectivity index is 1.77. The number of hydrogen-bond acceptors (Lipinski definition) is 1. The minimum absolute atomic E-state index is 0.606. The van der Waals surface area contributed by atoms with Gasteiger partial charge in [-0.1, -0.05) is 49.7 Å². The first-order valence-corrected chi connectivity index (χ1v) is 8.20. The highest BCUT2D eigenvalue weighted by atomic mass is 14.9. The van der Waals surface area contributed by atoms with Crippen LogP contribution in [-0.4, -0.2) is 6.04 Å². The van der Waals surface area contributed by atoms with E-state index in [0.29, 0.717) is 6.04 Å². The summed E-state index contributed by atoms with van der Waals surface area (Å²) in [6.45, 7) is 4.50. The highest BCUT2D eigenvalue weighted by molar-refractivity contribution is 5.55. The van der Waals surface area contributed by atoms with Crippen LogP contribution in [0.15, 0.2) is 42.5 Å². The Labute approximate surface area is 128 Å². The SMILES string of the molecule is CCCc1cccc(Cc2ccc3c(c2)CCC(C)N3)c1. The Morgan fingerprint density at radius 1 is 1.05 bits per heavy atom. The molecule has 2 aromatic rings. The Hall–Kier alpha value is -1.76. The molecule has 1 nitrogen and oxygen atoms in total. The highest BCUT2D eigenvalue weighted by Crippen LogP contribution is 2.26. The van der Waals surface area contributed by atoms with Crippen molar-refractivity contribution in [2.75, 3.05) is 5.32 Å². The topological polar surface area (TPSA) is 12.0 Å². The molecular formula is C20H25N. The van der Waals surface area contributed by atoms with Crippen LogP contribution in [0.3, 0.4) is 0 Å². The van der Waals surface area contributed by atoms with Gasteiger partial charge in [0.1, 0.15) is 0 Å². The van der Waals surface area contributed by atoms with Crippen molar-refractivity contribution in [1.29, 1.82) is 0 Å². The van der Waals surface area contributed by atoms with Crippen molar-refractivity contribution >= 4 is 5.69 Å². The molecule has 0 bridgehead atoms. The summed E-state index contributed by atoms with van der Waals surface area (Å²) in [6, 6.07) is 16.6. The molecule has 0 aromatic heterocycles. The van der Waals surface area contributed by atoms with E-state index in [0.717, 1.165) is 6.42 Å². The summed E-state index contributed by atoms with van der Waals surface area (Å²) in [5.41, 5.74) is 7.13. The molecule has 1 aliphatic rings. The maximum Gasteiger partial charge on any atom is 0.0374 e. The first-order valence-electron chi connectivity index (χ1n) is 8.20. The van der Waals surface area contributed by atoms with Crippen molar-refractivity contribution in [3.8, 4) is 0 Å². The van der Waals surface area contributed by atoms with E-state index in [1.165, 1.54) is 53.6 Å². The number of anilines is 1. The summed E-state index contributed by atoms with van der Waals surface area (Å²) in [7, 11) is 0. The van der Waals surface area contributed by atoms with E-state index >= 15 is 0 Å². The number of nitrogens with one attached hydrogen (secondary N) is 1. The van der Waals surface area contributed by atoms with Crippen LogP contribution in [0.4, 0.5) is 5.69 Å². The predicted octanol–water partition coefficient (Wildman–Crippen LogP) is 4.98. The zero-order valence-corrected chi connectivity index (χ0v) is 13.2. The Morgan fingerprint density at radius 2 is 1.86 bits per heavy atom. The van der Waals surface area contributed by atoms with Gasteiger partial charge >= 0.3 is 0 Å². The van der Waals surface area contributed by atoms with Crippen LogP contribution in [0.1, 0.15) is 48.9 Å². The largest absolute Gasteiger partial charge is 0.382 e. The van der Waals surface area contributed by atoms with Crippen LogP contribution >= 0.6 is 0 Å². The van der Waals surface area contributed by atoms with E-state index in [-0.39, 0.29) is 0 Å². The quantitative estimate of drug-likeness (QED) is 0.832. The third-order valence-corrected chi connectivity index (χ3v) is 4.36. The van der Waals surface area contributed by atoms with Crippen LogP contribution in [0.25, 0.3) is 0 Å². The fourth-order valence-corrected chi connectivity index (χ4v) is 3.23. The second kappa shape index (κ2) is 6.34. The van der Waals surface area contributed by atoms with Crippen molar-refractivity contribution in [2.24, 2.45) is 0 Å². The molecule has 1 atom stereocenters. The average molecular weight is 279 g/mol. The fraction of sp³-hybridized carbons (Fsp3) is 0.400. The van der Waals surface area contributed by atoms with Gasteiger partial charge in [-0.15, -0.1) is 0 Å². The first kappa shape index (κ1) is 14.2. The van der Waals surface area contributed by atoms with Gasteiger partial charge in [-0.2, -0.15) is 0 Å². The maximum absolute atomic E-state index is 3.58. The van der Waals surface area contributed by atoms with Crippen LogP contribution in [0.5, 0.6) is 0 Å². The molecule has 110 valence electrons. The minimum atomic E-state index is 0.606. The minimum Gasteiger partial charge on any atom is -0.382 e. The number of benzene rings is 2. The molecule has 0 radical (unpaired) electrons. The zero-order chi connectivity index (χ0) is 14.7. The van der Waals surface area contributed by atoms with E-state index in [2.05, 4.69) is 61.6 Å². The Kier molecular flexibility index (Phi) is 4.28. The van der Waals surface area contributed by atoms with Gasteiger partial charge in [0.2, 0.25) is 0 Å². The molecular weight excluding hydrogens is 254 g/mol. The van der Waals surface area contributed by atoms with Gasteiger partial charge < -0.3 is 5.32 Å². The first-order chi connectivity index (χ1) is 10.2. The van der Waals surface area contributed by atoms with Gasteiger partial charge in [0.15, 0.2) is 0 Å². The van der Waals surface area contributed by atoms with E-state index in [1.54, 1.807) is 0 Å². The number of rotatable bonds is 4. The molecule has 0 fully saturated rings. The summed E-state index contributed by atoms with van der Waals surface area (Å²) >= 11 is 0. The second-order valence-corrected chi connectivity index (χ2v) is 6.32. The van der Waals surface area contributed by atoms with Gasteiger partial charge in [-0.05, 0) is 60.9 Å². The summed E-state index contributed by atoms with van der Waals surface area (Å²) in [4.78, 5) is 0. The molecule has 0 amide bonds. The highest BCUT2D eigenvalue weighted by Gasteiger charge is 2.14. The molecule has 21 heavy (non-hydrogen) atoms. The Morgan fingerprint density at radius 3 is 2.71 bits per heavy atom. The zero-order valence-electron chi connectivity index (χ0n) is 13.2. The Bertz CT molecular complexity index is 615. The molecule has 1 unspecified atom stereocenters. The smallest absolute Gasteiger partial charge is 0.0374 e. The van der Waals surface area contributed by atoms with Crippen molar-refractivity contribution < 1.29 is 0 Å². The molecule has 3 rings (SSSR count). The van der Waals surface area contributed by atoms with Gasteiger partial charge in [0, 0.05) is 11.7 Å². The van der Waals surface area contributed by atoms with Crippen LogP contribution in [-0.2, 0) is 19.3 Å². The van der Waals surface area contributed by atoms with E-state index in [4.69, 9.17) is 0 Å². The molecule has 1 heterocycles. The van der Waals surface area contributed by atoms with Gasteiger partial charge in [0.05, 0.1) is 0 Å². The third-order valence-electron chi connectivity index (χ3n) is 4.36. The number of fused-ring (bicyclic) bond motifs is 1. The lowest BCUT2D eigenvalue weighted by Crippen LogP contribution is -2.21. The van der Waals surface area contributed by atoms with Crippen molar-refractivity contribution in [2.45, 2.75) is 52.0 Å². The molecule has 0 spiro atoms. The van der Waals surface area contributed by atoms with Crippen molar-refractivity contribution in [3.63, 3.8) is 0 Å². The molecule has 1 heteroatoms. The molecule has 1 N–H and O–H groups in total. The van der Waals surface area contributed by atoms with Crippen molar-refractivity contribution in [3.05, 3.63) is 64.7 Å². The second-order valence-electron chi connectivity index (χ2n) is 6.32. The standard InChI is InChI=1S/C20H25N/c1-3-5-16-6-4-7-17(12-16)13-18-9-11-20-19(14-18)10-8-15(2)21-20/h4,6-7,9,11-12,14-15,21H,3,5,8,10,13H2,1-2H3.